The summed E-state index contributed by atoms with van der Waals surface area (Å²) in [7, 11) is 0. The molecule has 1 aromatic carbocycles. The van der Waals surface area contributed by atoms with E-state index in [0.29, 0.717) is 11.3 Å². The maximum absolute atomic E-state index is 11.5. The van der Waals surface area contributed by atoms with E-state index in [1.807, 2.05) is 13.8 Å². The van der Waals surface area contributed by atoms with E-state index in [1.165, 1.54) is 6.92 Å². The molecule has 1 rings (SSSR count). The summed E-state index contributed by atoms with van der Waals surface area (Å²) < 4.78 is 5.17. The SMILES string of the molecule is CC(=O)c1cccc(NC(=O)COC(C)C)c1. The van der Waals surface area contributed by atoms with Gasteiger partial charge in [0.2, 0.25) is 5.91 Å². The average molecular weight is 235 g/mol. The molecule has 0 aromatic heterocycles. The van der Waals surface area contributed by atoms with Gasteiger partial charge in [-0.2, -0.15) is 0 Å². The van der Waals surface area contributed by atoms with Crippen molar-refractivity contribution >= 4 is 17.4 Å². The second-order valence-electron chi connectivity index (χ2n) is 4.04. The van der Waals surface area contributed by atoms with Crippen LogP contribution in [-0.4, -0.2) is 24.4 Å². The summed E-state index contributed by atoms with van der Waals surface area (Å²) in [6.07, 6.45) is 0.0179. The quantitative estimate of drug-likeness (QED) is 0.796. The molecule has 4 nitrogen and oxygen atoms in total. The number of hydrogen-bond donors (Lipinski definition) is 1. The lowest BCUT2D eigenvalue weighted by Crippen LogP contribution is -2.20. The van der Waals surface area contributed by atoms with E-state index in [2.05, 4.69) is 5.32 Å². The molecule has 0 spiro atoms. The molecule has 4 heteroatoms. The Bertz CT molecular complexity index is 413. The Morgan fingerprint density at radius 1 is 1.35 bits per heavy atom. The van der Waals surface area contributed by atoms with Gasteiger partial charge < -0.3 is 10.1 Å². The van der Waals surface area contributed by atoms with Crippen molar-refractivity contribution in [3.8, 4) is 0 Å². The number of anilines is 1. The first-order valence-corrected chi connectivity index (χ1v) is 5.51. The first kappa shape index (κ1) is 13.4. The standard InChI is InChI=1S/C13H17NO3/c1-9(2)17-8-13(16)14-12-6-4-5-11(7-12)10(3)15/h4-7,9H,8H2,1-3H3,(H,14,16). The lowest BCUT2D eigenvalue weighted by molar-refractivity contribution is -0.121. The van der Waals surface area contributed by atoms with Crippen LogP contribution in [0, 0.1) is 0 Å². The minimum atomic E-state index is -0.223. The van der Waals surface area contributed by atoms with Gasteiger partial charge in [-0.3, -0.25) is 9.59 Å². The van der Waals surface area contributed by atoms with Gasteiger partial charge >= 0.3 is 0 Å². The van der Waals surface area contributed by atoms with E-state index in [9.17, 15) is 9.59 Å². The molecule has 0 radical (unpaired) electrons. The fourth-order valence-corrected chi connectivity index (χ4v) is 1.26. The minimum Gasteiger partial charge on any atom is -0.369 e. The van der Waals surface area contributed by atoms with E-state index in [4.69, 9.17) is 4.74 Å². The van der Waals surface area contributed by atoms with Crippen molar-refractivity contribution in [1.82, 2.24) is 0 Å². The molecule has 1 aromatic rings. The van der Waals surface area contributed by atoms with Crippen molar-refractivity contribution in [2.45, 2.75) is 26.9 Å². The van der Waals surface area contributed by atoms with Crippen molar-refractivity contribution in [2.75, 3.05) is 11.9 Å². The van der Waals surface area contributed by atoms with Crippen LogP contribution in [0.25, 0.3) is 0 Å². The first-order chi connectivity index (χ1) is 7.99. The summed E-state index contributed by atoms with van der Waals surface area (Å²) in [6, 6.07) is 6.83. The van der Waals surface area contributed by atoms with Crippen LogP contribution in [0.4, 0.5) is 5.69 Å². The number of carbonyl (C=O) groups excluding carboxylic acids is 2. The Kier molecular flexibility index (Phi) is 4.84. The van der Waals surface area contributed by atoms with Gasteiger partial charge in [-0.05, 0) is 32.9 Å². The van der Waals surface area contributed by atoms with Gasteiger partial charge in [0.15, 0.2) is 5.78 Å². The number of amides is 1. The minimum absolute atomic E-state index is 0.0158. The molecule has 0 heterocycles. The van der Waals surface area contributed by atoms with Crippen LogP contribution in [-0.2, 0) is 9.53 Å². The molecule has 0 fully saturated rings. The van der Waals surface area contributed by atoms with Gasteiger partial charge in [-0.15, -0.1) is 0 Å². The second kappa shape index (κ2) is 6.15. The highest BCUT2D eigenvalue weighted by molar-refractivity contribution is 5.97. The van der Waals surface area contributed by atoms with E-state index >= 15 is 0 Å². The zero-order chi connectivity index (χ0) is 12.8. The third kappa shape index (κ3) is 4.78. The fraction of sp³-hybridized carbons (Fsp3) is 0.385. The molecule has 1 N–H and O–H groups in total. The average Bonchev–Trinajstić information content (AvgIpc) is 2.26. The second-order valence-corrected chi connectivity index (χ2v) is 4.04. The van der Waals surface area contributed by atoms with Crippen LogP contribution in [0.2, 0.25) is 0 Å². The maximum atomic E-state index is 11.5. The highest BCUT2D eigenvalue weighted by Crippen LogP contribution is 2.11. The topological polar surface area (TPSA) is 55.4 Å². The molecule has 0 saturated heterocycles. The van der Waals surface area contributed by atoms with Crippen LogP contribution in [0.5, 0.6) is 0 Å². The predicted octanol–water partition coefficient (Wildman–Crippen LogP) is 2.25. The first-order valence-electron chi connectivity index (χ1n) is 5.51. The molecular formula is C13H17NO3. The molecule has 17 heavy (non-hydrogen) atoms. The third-order valence-corrected chi connectivity index (χ3v) is 2.10. The number of ether oxygens (including phenoxy) is 1. The lowest BCUT2D eigenvalue weighted by Gasteiger charge is -2.08. The number of carbonyl (C=O) groups is 2. The number of Topliss-reactive ketones (excluding diaryl/α,β-unsaturated/α-hetero) is 1. The van der Waals surface area contributed by atoms with Crippen LogP contribution < -0.4 is 5.32 Å². The predicted molar refractivity (Wildman–Crippen MR) is 66.2 cm³/mol. The highest BCUT2D eigenvalue weighted by atomic mass is 16.5. The zero-order valence-corrected chi connectivity index (χ0v) is 10.3. The van der Waals surface area contributed by atoms with E-state index in [1.54, 1.807) is 24.3 Å². The zero-order valence-electron chi connectivity index (χ0n) is 10.3. The molecule has 0 unspecified atom stereocenters. The number of benzene rings is 1. The Morgan fingerprint density at radius 2 is 2.06 bits per heavy atom. The normalized spacial score (nSPS) is 10.4. The van der Waals surface area contributed by atoms with E-state index in [-0.39, 0.29) is 24.4 Å². The number of ketones is 1. The van der Waals surface area contributed by atoms with Crippen molar-refractivity contribution in [2.24, 2.45) is 0 Å². The molecule has 0 aliphatic carbocycles. The Balaban J connectivity index is 2.59. The molecule has 0 saturated carbocycles. The summed E-state index contributed by atoms with van der Waals surface area (Å²) in [5, 5.41) is 2.68. The summed E-state index contributed by atoms with van der Waals surface area (Å²) in [5.41, 5.74) is 1.18. The molecule has 0 aliphatic heterocycles. The Morgan fingerprint density at radius 3 is 2.65 bits per heavy atom. The molecule has 92 valence electrons. The molecule has 0 aliphatic rings. The number of nitrogens with one attached hydrogen (secondary N) is 1. The van der Waals surface area contributed by atoms with Crippen molar-refractivity contribution < 1.29 is 14.3 Å². The van der Waals surface area contributed by atoms with Crippen molar-refractivity contribution in [1.29, 1.82) is 0 Å². The Labute approximate surface area is 101 Å². The molecule has 0 bridgehead atoms. The molecular weight excluding hydrogens is 218 g/mol. The highest BCUT2D eigenvalue weighted by Gasteiger charge is 2.05. The van der Waals surface area contributed by atoms with E-state index in [0.717, 1.165) is 0 Å². The third-order valence-electron chi connectivity index (χ3n) is 2.10. The van der Waals surface area contributed by atoms with Gasteiger partial charge in [0.25, 0.3) is 0 Å². The summed E-state index contributed by atoms with van der Waals surface area (Å²) in [5.74, 6) is -0.251. The maximum Gasteiger partial charge on any atom is 0.250 e. The molecule has 1 amide bonds. The fourth-order valence-electron chi connectivity index (χ4n) is 1.26. The van der Waals surface area contributed by atoms with Gasteiger partial charge in [0.1, 0.15) is 6.61 Å². The largest absolute Gasteiger partial charge is 0.369 e. The summed E-state index contributed by atoms with van der Waals surface area (Å²) in [4.78, 5) is 22.6. The van der Waals surface area contributed by atoms with Gasteiger partial charge in [-0.1, -0.05) is 12.1 Å². The Hall–Kier alpha value is -1.68. The summed E-state index contributed by atoms with van der Waals surface area (Å²) in [6.45, 7) is 5.23. The van der Waals surface area contributed by atoms with Crippen LogP contribution in [0.1, 0.15) is 31.1 Å². The smallest absolute Gasteiger partial charge is 0.250 e. The number of rotatable bonds is 5. The molecule has 0 atom stereocenters. The summed E-state index contributed by atoms with van der Waals surface area (Å²) >= 11 is 0. The van der Waals surface area contributed by atoms with Crippen LogP contribution in [0.15, 0.2) is 24.3 Å². The van der Waals surface area contributed by atoms with Crippen molar-refractivity contribution in [3.63, 3.8) is 0 Å². The number of hydrogen-bond acceptors (Lipinski definition) is 3. The van der Waals surface area contributed by atoms with Gasteiger partial charge in [0, 0.05) is 11.3 Å². The lowest BCUT2D eigenvalue weighted by atomic mass is 10.1. The van der Waals surface area contributed by atoms with Crippen LogP contribution >= 0.6 is 0 Å². The van der Waals surface area contributed by atoms with E-state index < -0.39 is 0 Å². The van der Waals surface area contributed by atoms with Gasteiger partial charge in [0.05, 0.1) is 6.10 Å². The van der Waals surface area contributed by atoms with Crippen molar-refractivity contribution in [3.05, 3.63) is 29.8 Å². The van der Waals surface area contributed by atoms with Crippen LogP contribution in [0.3, 0.4) is 0 Å². The van der Waals surface area contributed by atoms with Gasteiger partial charge in [-0.25, -0.2) is 0 Å². The monoisotopic (exact) mass is 235 g/mol.